The normalized spacial score (nSPS) is 15.7. The molecule has 1 fully saturated rings. The first-order valence-electron chi connectivity index (χ1n) is 8.25. The smallest absolute Gasteiger partial charge is 0.244 e. The van der Waals surface area contributed by atoms with E-state index in [1.807, 2.05) is 36.1 Å². The number of rotatable bonds is 3. The highest BCUT2D eigenvalue weighted by Crippen LogP contribution is 2.25. The average Bonchev–Trinajstić information content (AvgIpc) is 2.64. The number of aryl methyl sites for hydroxylation is 1. The molecule has 0 bridgehead atoms. The second kappa shape index (κ2) is 7.92. The molecule has 8 heteroatoms. The number of hydrogen-bond acceptors (Lipinski definition) is 3. The third-order valence-electron chi connectivity index (χ3n) is 4.28. The van der Waals surface area contributed by atoms with Crippen LogP contribution < -0.4 is 5.32 Å². The van der Waals surface area contributed by atoms with Crippen molar-refractivity contribution >= 4 is 44.6 Å². The zero-order chi connectivity index (χ0) is 18.7. The lowest BCUT2D eigenvalue weighted by Gasteiger charge is -2.35. The zero-order valence-electron chi connectivity index (χ0n) is 14.4. The van der Waals surface area contributed by atoms with Crippen molar-refractivity contribution in [2.75, 3.05) is 31.5 Å². The maximum absolute atomic E-state index is 12.8. The fourth-order valence-corrected chi connectivity index (χ4v) is 4.98. The van der Waals surface area contributed by atoms with E-state index >= 15 is 0 Å². The summed E-state index contributed by atoms with van der Waals surface area (Å²) in [4.78, 5) is 2.13. The number of piperazine rings is 1. The molecule has 0 spiro atoms. The van der Waals surface area contributed by atoms with Crippen LogP contribution in [0.25, 0.3) is 0 Å². The highest BCUT2D eigenvalue weighted by atomic mass is 35.5. The van der Waals surface area contributed by atoms with Gasteiger partial charge < -0.3 is 10.2 Å². The SMILES string of the molecule is Cc1ccc(NC(=S)N2CCN(S(=O)(=O)c3ccccc3Cl)CC2)cc1. The lowest BCUT2D eigenvalue weighted by molar-refractivity contribution is 0.268. The zero-order valence-corrected chi connectivity index (χ0v) is 16.7. The number of hydrogen-bond donors (Lipinski definition) is 1. The molecule has 0 aliphatic carbocycles. The van der Waals surface area contributed by atoms with Gasteiger partial charge in [-0.05, 0) is 43.4 Å². The van der Waals surface area contributed by atoms with E-state index in [9.17, 15) is 8.42 Å². The summed E-state index contributed by atoms with van der Waals surface area (Å²) in [7, 11) is -3.59. The van der Waals surface area contributed by atoms with Gasteiger partial charge in [-0.15, -0.1) is 0 Å². The molecule has 26 heavy (non-hydrogen) atoms. The van der Waals surface area contributed by atoms with Gasteiger partial charge in [-0.3, -0.25) is 0 Å². The fourth-order valence-electron chi connectivity index (χ4n) is 2.76. The van der Waals surface area contributed by atoms with Crippen LogP contribution in [-0.4, -0.2) is 48.9 Å². The first-order valence-corrected chi connectivity index (χ1v) is 10.5. The maximum atomic E-state index is 12.8. The van der Waals surface area contributed by atoms with E-state index in [1.165, 1.54) is 15.9 Å². The molecular weight excluding hydrogens is 390 g/mol. The van der Waals surface area contributed by atoms with Crippen LogP contribution in [0.3, 0.4) is 0 Å². The first-order chi connectivity index (χ1) is 12.4. The number of halogens is 1. The fraction of sp³-hybridized carbons (Fsp3) is 0.278. The van der Waals surface area contributed by atoms with Crippen molar-refractivity contribution < 1.29 is 8.42 Å². The topological polar surface area (TPSA) is 52.6 Å². The van der Waals surface area contributed by atoms with E-state index in [4.69, 9.17) is 23.8 Å². The van der Waals surface area contributed by atoms with Gasteiger partial charge in [0.2, 0.25) is 10.0 Å². The minimum atomic E-state index is -3.59. The van der Waals surface area contributed by atoms with Gasteiger partial charge in [-0.2, -0.15) is 4.31 Å². The molecule has 0 amide bonds. The van der Waals surface area contributed by atoms with Crippen molar-refractivity contribution in [3.05, 3.63) is 59.1 Å². The van der Waals surface area contributed by atoms with Crippen LogP contribution in [0.5, 0.6) is 0 Å². The Morgan fingerprint density at radius 1 is 1.04 bits per heavy atom. The van der Waals surface area contributed by atoms with Gasteiger partial charge in [0.05, 0.1) is 5.02 Å². The van der Waals surface area contributed by atoms with E-state index < -0.39 is 10.0 Å². The lowest BCUT2D eigenvalue weighted by Crippen LogP contribution is -2.51. The number of anilines is 1. The molecule has 0 radical (unpaired) electrons. The lowest BCUT2D eigenvalue weighted by atomic mass is 10.2. The standard InChI is InChI=1S/C18H20ClN3O2S2/c1-14-6-8-15(9-7-14)20-18(25)21-10-12-22(13-11-21)26(23,24)17-5-3-2-4-16(17)19/h2-9H,10-13H2,1H3,(H,20,25). The average molecular weight is 410 g/mol. The molecule has 2 aromatic rings. The van der Waals surface area contributed by atoms with Crippen LogP contribution in [-0.2, 0) is 10.0 Å². The maximum Gasteiger partial charge on any atom is 0.244 e. The van der Waals surface area contributed by atoms with Crippen molar-refractivity contribution in [1.29, 1.82) is 0 Å². The van der Waals surface area contributed by atoms with Crippen LogP contribution in [0.15, 0.2) is 53.4 Å². The molecule has 2 aromatic carbocycles. The van der Waals surface area contributed by atoms with Gasteiger partial charge in [0, 0.05) is 31.9 Å². The number of sulfonamides is 1. The molecule has 1 N–H and O–H groups in total. The highest BCUT2D eigenvalue weighted by Gasteiger charge is 2.30. The molecule has 0 unspecified atom stereocenters. The van der Waals surface area contributed by atoms with Gasteiger partial charge in [-0.1, -0.05) is 41.4 Å². The molecule has 1 aliphatic rings. The molecule has 5 nitrogen and oxygen atoms in total. The molecule has 0 atom stereocenters. The number of thiocarbonyl (C=S) groups is 1. The Hall–Kier alpha value is -1.67. The first kappa shape index (κ1) is 19.1. The van der Waals surface area contributed by atoms with E-state index in [-0.39, 0.29) is 9.92 Å². The number of nitrogens with one attached hydrogen (secondary N) is 1. The summed E-state index contributed by atoms with van der Waals surface area (Å²) in [6.45, 7) is 3.82. The molecule has 0 saturated carbocycles. The van der Waals surface area contributed by atoms with Crippen molar-refractivity contribution in [3.63, 3.8) is 0 Å². The Balaban J connectivity index is 1.62. The molecule has 3 rings (SSSR count). The Morgan fingerprint density at radius 3 is 2.27 bits per heavy atom. The van der Waals surface area contributed by atoms with Gasteiger partial charge in [0.15, 0.2) is 5.11 Å². The van der Waals surface area contributed by atoms with Gasteiger partial charge in [0.25, 0.3) is 0 Å². The minimum absolute atomic E-state index is 0.149. The third kappa shape index (κ3) is 4.17. The molecular formula is C18H20ClN3O2S2. The van der Waals surface area contributed by atoms with Crippen molar-refractivity contribution in [2.45, 2.75) is 11.8 Å². The second-order valence-corrected chi connectivity index (χ2v) is 8.82. The summed E-state index contributed by atoms with van der Waals surface area (Å²) in [5, 5.41) is 4.04. The molecule has 1 saturated heterocycles. The monoisotopic (exact) mass is 409 g/mol. The molecule has 1 heterocycles. The Morgan fingerprint density at radius 2 is 1.65 bits per heavy atom. The Labute approximate surface area is 164 Å². The summed E-state index contributed by atoms with van der Waals surface area (Å²) in [5.41, 5.74) is 2.10. The second-order valence-electron chi connectivity index (χ2n) is 6.12. The Kier molecular flexibility index (Phi) is 5.82. The molecule has 138 valence electrons. The van der Waals surface area contributed by atoms with E-state index in [2.05, 4.69) is 5.32 Å². The number of nitrogens with zero attached hydrogens (tertiary/aromatic N) is 2. The van der Waals surface area contributed by atoms with E-state index in [0.717, 1.165) is 5.69 Å². The number of benzene rings is 2. The Bertz CT molecular complexity index is 893. The van der Waals surface area contributed by atoms with Gasteiger partial charge in [0.1, 0.15) is 4.90 Å². The van der Waals surface area contributed by atoms with Crippen molar-refractivity contribution in [1.82, 2.24) is 9.21 Å². The molecule has 0 aromatic heterocycles. The van der Waals surface area contributed by atoms with E-state index in [0.29, 0.717) is 31.3 Å². The summed E-state index contributed by atoms with van der Waals surface area (Å²) < 4.78 is 27.0. The van der Waals surface area contributed by atoms with Crippen LogP contribution in [0.1, 0.15) is 5.56 Å². The van der Waals surface area contributed by atoms with Crippen molar-refractivity contribution in [2.24, 2.45) is 0 Å². The van der Waals surface area contributed by atoms with Gasteiger partial charge >= 0.3 is 0 Å². The predicted octanol–water partition coefficient (Wildman–Crippen LogP) is 3.35. The predicted molar refractivity (Wildman–Crippen MR) is 109 cm³/mol. The van der Waals surface area contributed by atoms with Crippen LogP contribution >= 0.6 is 23.8 Å². The van der Waals surface area contributed by atoms with E-state index in [1.54, 1.807) is 18.2 Å². The quantitative estimate of drug-likeness (QED) is 0.788. The summed E-state index contributed by atoms with van der Waals surface area (Å²) >= 11 is 11.5. The van der Waals surface area contributed by atoms with Crippen LogP contribution in [0.4, 0.5) is 5.69 Å². The largest absolute Gasteiger partial charge is 0.346 e. The molecule has 1 aliphatic heterocycles. The van der Waals surface area contributed by atoms with Crippen LogP contribution in [0.2, 0.25) is 5.02 Å². The summed E-state index contributed by atoms with van der Waals surface area (Å²) in [6, 6.07) is 14.5. The summed E-state index contributed by atoms with van der Waals surface area (Å²) in [5.74, 6) is 0. The van der Waals surface area contributed by atoms with Crippen LogP contribution in [0, 0.1) is 6.92 Å². The summed E-state index contributed by atoms with van der Waals surface area (Å²) in [6.07, 6.45) is 0. The highest BCUT2D eigenvalue weighted by molar-refractivity contribution is 7.89. The third-order valence-corrected chi connectivity index (χ3v) is 7.04. The van der Waals surface area contributed by atoms with Crippen molar-refractivity contribution in [3.8, 4) is 0 Å². The minimum Gasteiger partial charge on any atom is -0.346 e. The van der Waals surface area contributed by atoms with Gasteiger partial charge in [-0.25, -0.2) is 8.42 Å².